The van der Waals surface area contributed by atoms with Gasteiger partial charge in [-0.25, -0.2) is 0 Å². The van der Waals surface area contributed by atoms with Crippen molar-refractivity contribution in [2.75, 3.05) is 54.1 Å². The van der Waals surface area contributed by atoms with Gasteiger partial charge in [0.1, 0.15) is 19.3 Å². The molecular weight excluding hydrogens is 734 g/mol. The summed E-state index contributed by atoms with van der Waals surface area (Å²) in [5.74, 6) is -0.330. The van der Waals surface area contributed by atoms with Crippen molar-refractivity contribution in [2.45, 2.75) is 238 Å². The van der Waals surface area contributed by atoms with E-state index in [0.717, 1.165) is 32.1 Å². The average molecular weight is 830 g/mol. The number of nitrogens with zero attached hydrogens (tertiary/aromatic N) is 1. The highest BCUT2D eigenvalue weighted by Crippen LogP contribution is 2.38. The second-order valence-corrected chi connectivity index (χ2v) is 19.2. The molecule has 2 atom stereocenters. The zero-order valence-electron chi connectivity index (χ0n) is 38.6. The Bertz CT molecular complexity index is 925. The summed E-state index contributed by atoms with van der Waals surface area (Å²) in [5.41, 5.74) is 0. The standard InChI is InChI=1S/C48H96NO7P/c1-6-8-10-12-14-16-18-20-21-22-23-24-25-26-27-28-29-30-31-33-35-37-39-41-48(50)56-47(46-55-57(51,52)54-44-42-49(3,4)5)45-53-43-40-38-36-34-32-19-17-15-13-11-9-7-2/h22-23,47H,6-21,24-46H2,1-5H3/b23-22-. The first kappa shape index (κ1) is 56.2. The summed E-state index contributed by atoms with van der Waals surface area (Å²) in [6, 6.07) is 0. The number of rotatable bonds is 46. The quantitative estimate of drug-likeness (QED) is 0.0198. The lowest BCUT2D eigenvalue weighted by atomic mass is 10.0. The molecular formula is C48H96NO7P. The van der Waals surface area contributed by atoms with Crippen LogP contribution in [0, 0.1) is 0 Å². The van der Waals surface area contributed by atoms with Crippen molar-refractivity contribution < 1.29 is 37.3 Å². The number of hydrogen-bond donors (Lipinski definition) is 0. The minimum Gasteiger partial charge on any atom is -0.756 e. The van der Waals surface area contributed by atoms with Gasteiger partial charge in [0.15, 0.2) is 0 Å². The molecule has 0 aliphatic carbocycles. The lowest BCUT2D eigenvalue weighted by Gasteiger charge is -2.28. The van der Waals surface area contributed by atoms with E-state index in [0.29, 0.717) is 24.1 Å². The van der Waals surface area contributed by atoms with Crippen LogP contribution in [0.1, 0.15) is 232 Å². The van der Waals surface area contributed by atoms with Crippen molar-refractivity contribution in [1.29, 1.82) is 0 Å². The highest BCUT2D eigenvalue weighted by Gasteiger charge is 2.20. The molecule has 0 radical (unpaired) electrons. The smallest absolute Gasteiger partial charge is 0.306 e. The summed E-state index contributed by atoms with van der Waals surface area (Å²) in [6.45, 7) is 5.46. The average Bonchev–Trinajstić information content (AvgIpc) is 3.16. The predicted molar refractivity (Wildman–Crippen MR) is 241 cm³/mol. The van der Waals surface area contributed by atoms with E-state index in [1.54, 1.807) is 0 Å². The Kier molecular flexibility index (Phi) is 41.4. The lowest BCUT2D eigenvalue weighted by molar-refractivity contribution is -0.870. The van der Waals surface area contributed by atoms with Gasteiger partial charge in [-0.2, -0.15) is 0 Å². The molecule has 0 aromatic carbocycles. The number of ether oxygens (including phenoxy) is 2. The van der Waals surface area contributed by atoms with E-state index in [4.69, 9.17) is 18.5 Å². The highest BCUT2D eigenvalue weighted by atomic mass is 31.2. The topological polar surface area (TPSA) is 94.1 Å². The SMILES string of the molecule is CCCCCCCCCC/C=C\CCCCCCCCCCCCCC(=O)OC(COCCCCCCCCCCCCCC)COP(=O)([O-])OCC[N+](C)(C)C. The number of carbonyl (C=O) groups is 1. The lowest BCUT2D eigenvalue weighted by Crippen LogP contribution is -2.37. The van der Waals surface area contributed by atoms with Crippen LogP contribution in [-0.4, -0.2) is 70.7 Å². The Balaban J connectivity index is 4.07. The highest BCUT2D eigenvalue weighted by molar-refractivity contribution is 7.45. The van der Waals surface area contributed by atoms with Crippen LogP contribution < -0.4 is 4.89 Å². The monoisotopic (exact) mass is 830 g/mol. The molecule has 0 rings (SSSR count). The number of esters is 1. The minimum atomic E-state index is -4.52. The van der Waals surface area contributed by atoms with Crippen molar-refractivity contribution in [2.24, 2.45) is 0 Å². The van der Waals surface area contributed by atoms with Gasteiger partial charge in [-0.15, -0.1) is 0 Å². The van der Waals surface area contributed by atoms with E-state index in [1.807, 2.05) is 21.1 Å². The zero-order valence-corrected chi connectivity index (χ0v) is 39.5. The Morgan fingerprint density at radius 3 is 1.33 bits per heavy atom. The maximum atomic E-state index is 12.7. The van der Waals surface area contributed by atoms with E-state index < -0.39 is 13.9 Å². The van der Waals surface area contributed by atoms with Crippen LogP contribution in [0.2, 0.25) is 0 Å². The Morgan fingerprint density at radius 1 is 0.526 bits per heavy atom. The number of likely N-dealkylation sites (N-methyl/N-ethyl adjacent to an activating group) is 1. The molecule has 0 N–H and O–H groups in total. The molecule has 0 fully saturated rings. The first-order valence-electron chi connectivity index (χ1n) is 24.4. The summed E-state index contributed by atoms with van der Waals surface area (Å²) in [6.07, 6.45) is 46.6. The fraction of sp³-hybridized carbons (Fsp3) is 0.938. The van der Waals surface area contributed by atoms with Gasteiger partial charge >= 0.3 is 5.97 Å². The molecule has 0 saturated carbocycles. The van der Waals surface area contributed by atoms with E-state index in [1.165, 1.54) is 180 Å². The van der Waals surface area contributed by atoms with Crippen molar-refractivity contribution >= 4 is 13.8 Å². The van der Waals surface area contributed by atoms with Crippen molar-refractivity contribution in [3.8, 4) is 0 Å². The molecule has 0 aliphatic heterocycles. The summed E-state index contributed by atoms with van der Waals surface area (Å²) in [7, 11) is 1.37. The van der Waals surface area contributed by atoms with Gasteiger partial charge in [-0.05, 0) is 38.5 Å². The molecule has 2 unspecified atom stereocenters. The maximum Gasteiger partial charge on any atom is 0.306 e. The first-order valence-corrected chi connectivity index (χ1v) is 25.9. The van der Waals surface area contributed by atoms with Crippen LogP contribution in [0.5, 0.6) is 0 Å². The molecule has 0 saturated heterocycles. The second kappa shape index (κ2) is 42.0. The van der Waals surface area contributed by atoms with Crippen LogP contribution in [-0.2, 0) is 27.9 Å². The third-order valence-electron chi connectivity index (χ3n) is 10.8. The predicted octanol–water partition coefficient (Wildman–Crippen LogP) is 14.0. The van der Waals surface area contributed by atoms with Crippen LogP contribution in [0.25, 0.3) is 0 Å². The number of carbonyl (C=O) groups excluding carboxylic acids is 1. The van der Waals surface area contributed by atoms with Gasteiger partial charge < -0.3 is 27.9 Å². The Morgan fingerprint density at radius 2 is 0.912 bits per heavy atom. The van der Waals surface area contributed by atoms with Crippen molar-refractivity contribution in [1.82, 2.24) is 0 Å². The Labute approximate surface area is 354 Å². The Hall–Kier alpha value is -0.760. The molecule has 0 aromatic heterocycles. The van der Waals surface area contributed by atoms with Gasteiger partial charge in [-0.3, -0.25) is 9.36 Å². The molecule has 0 aliphatic rings. The van der Waals surface area contributed by atoms with Gasteiger partial charge in [0.05, 0.1) is 34.4 Å². The normalized spacial score (nSPS) is 13.7. The largest absolute Gasteiger partial charge is 0.756 e. The van der Waals surface area contributed by atoms with Crippen LogP contribution in [0.4, 0.5) is 0 Å². The van der Waals surface area contributed by atoms with Crippen LogP contribution in [0.3, 0.4) is 0 Å². The summed E-state index contributed by atoms with van der Waals surface area (Å²) < 4.78 is 34.6. The maximum absolute atomic E-state index is 12.7. The molecule has 8 nitrogen and oxygen atoms in total. The first-order chi connectivity index (χ1) is 27.6. The second-order valence-electron chi connectivity index (χ2n) is 17.8. The molecule has 0 amide bonds. The van der Waals surface area contributed by atoms with Crippen molar-refractivity contribution in [3.05, 3.63) is 12.2 Å². The van der Waals surface area contributed by atoms with E-state index in [-0.39, 0.29) is 25.8 Å². The van der Waals surface area contributed by atoms with E-state index in [9.17, 15) is 14.3 Å². The number of hydrogen-bond acceptors (Lipinski definition) is 7. The van der Waals surface area contributed by atoms with Gasteiger partial charge in [0, 0.05) is 13.0 Å². The van der Waals surface area contributed by atoms with Gasteiger partial charge in [-0.1, -0.05) is 199 Å². The third kappa shape index (κ3) is 46.2. The zero-order chi connectivity index (χ0) is 42.0. The molecule has 0 bridgehead atoms. The molecule has 0 spiro atoms. The molecule has 0 heterocycles. The fourth-order valence-corrected chi connectivity index (χ4v) is 7.74. The number of phosphoric acid groups is 1. The number of unbranched alkanes of at least 4 members (excludes halogenated alkanes) is 30. The molecule has 9 heteroatoms. The summed E-state index contributed by atoms with van der Waals surface area (Å²) in [4.78, 5) is 25.1. The molecule has 0 aromatic rings. The van der Waals surface area contributed by atoms with Crippen LogP contribution in [0.15, 0.2) is 12.2 Å². The molecule has 57 heavy (non-hydrogen) atoms. The van der Waals surface area contributed by atoms with E-state index in [2.05, 4.69) is 26.0 Å². The molecule has 340 valence electrons. The minimum absolute atomic E-state index is 0.0295. The van der Waals surface area contributed by atoms with E-state index >= 15 is 0 Å². The fourth-order valence-electron chi connectivity index (χ4n) is 7.01. The number of quaternary nitrogens is 1. The van der Waals surface area contributed by atoms with Gasteiger partial charge in [0.2, 0.25) is 0 Å². The van der Waals surface area contributed by atoms with Gasteiger partial charge in [0.25, 0.3) is 7.82 Å². The number of allylic oxidation sites excluding steroid dienone is 2. The summed E-state index contributed by atoms with van der Waals surface area (Å²) >= 11 is 0. The van der Waals surface area contributed by atoms with Crippen LogP contribution >= 0.6 is 7.82 Å². The summed E-state index contributed by atoms with van der Waals surface area (Å²) in [5, 5.41) is 0. The third-order valence-corrected chi connectivity index (χ3v) is 11.8. The number of phosphoric ester groups is 1. The van der Waals surface area contributed by atoms with Crippen molar-refractivity contribution in [3.63, 3.8) is 0 Å².